The van der Waals surface area contributed by atoms with E-state index in [-0.39, 0.29) is 0 Å². The van der Waals surface area contributed by atoms with Gasteiger partial charge in [-0.1, -0.05) is 6.07 Å². The summed E-state index contributed by atoms with van der Waals surface area (Å²) in [5.41, 5.74) is 12.7. The fourth-order valence-electron chi connectivity index (χ4n) is 0.907. The minimum Gasteiger partial charge on any atom is -0.399 e. The number of anilines is 2. The lowest BCUT2D eigenvalue weighted by atomic mass is 10.2. The Bertz CT molecular complexity index is 309. The van der Waals surface area contributed by atoms with Crippen LogP contribution in [-0.4, -0.2) is 6.03 Å². The molecule has 0 spiro atoms. The Morgan fingerprint density at radius 3 is 2.75 bits per heavy atom. The van der Waals surface area contributed by atoms with Gasteiger partial charge < -0.3 is 16.8 Å². The summed E-state index contributed by atoms with van der Waals surface area (Å²) >= 11 is 0. The van der Waals surface area contributed by atoms with Crippen LogP contribution in [0.1, 0.15) is 5.56 Å². The van der Waals surface area contributed by atoms with Gasteiger partial charge in [0.1, 0.15) is 0 Å². The highest BCUT2D eigenvalue weighted by Crippen LogP contribution is 2.17. The number of amides is 2. The first-order valence-corrected chi connectivity index (χ1v) is 3.52. The van der Waals surface area contributed by atoms with Crippen molar-refractivity contribution in [2.45, 2.75) is 6.92 Å². The Morgan fingerprint density at radius 2 is 2.17 bits per heavy atom. The molecule has 1 aromatic carbocycles. The normalized spacial score (nSPS) is 9.42. The smallest absolute Gasteiger partial charge is 0.316 e. The van der Waals surface area contributed by atoms with Gasteiger partial charge in [0.2, 0.25) is 0 Å². The molecule has 0 heterocycles. The molecule has 1 rings (SSSR count). The summed E-state index contributed by atoms with van der Waals surface area (Å²) in [6.45, 7) is 1.87. The zero-order valence-electron chi connectivity index (χ0n) is 6.79. The van der Waals surface area contributed by atoms with Crippen LogP contribution < -0.4 is 16.8 Å². The first-order chi connectivity index (χ1) is 5.59. The van der Waals surface area contributed by atoms with Crippen molar-refractivity contribution in [1.29, 1.82) is 0 Å². The van der Waals surface area contributed by atoms with Crippen molar-refractivity contribution in [1.82, 2.24) is 0 Å². The average Bonchev–Trinajstić information content (AvgIpc) is 1.96. The van der Waals surface area contributed by atoms with E-state index in [2.05, 4.69) is 5.32 Å². The van der Waals surface area contributed by atoms with Crippen molar-refractivity contribution < 1.29 is 4.79 Å². The van der Waals surface area contributed by atoms with Crippen molar-refractivity contribution in [2.75, 3.05) is 11.1 Å². The van der Waals surface area contributed by atoms with E-state index in [4.69, 9.17) is 11.5 Å². The standard InChI is InChI=1S/C8H11N3O/c1-5-2-3-6(9)4-7(5)11-8(10)12/h2-4H,9H2,1H3,(H3,10,11,12). The summed E-state index contributed by atoms with van der Waals surface area (Å²) in [7, 11) is 0. The van der Waals surface area contributed by atoms with Crippen LogP contribution in [0.25, 0.3) is 0 Å². The predicted molar refractivity (Wildman–Crippen MR) is 48.8 cm³/mol. The molecule has 4 nitrogen and oxygen atoms in total. The van der Waals surface area contributed by atoms with Crippen LogP contribution in [-0.2, 0) is 0 Å². The van der Waals surface area contributed by atoms with Gasteiger partial charge in [0.25, 0.3) is 0 Å². The van der Waals surface area contributed by atoms with E-state index in [0.29, 0.717) is 11.4 Å². The van der Waals surface area contributed by atoms with Gasteiger partial charge in [0.05, 0.1) is 0 Å². The molecule has 12 heavy (non-hydrogen) atoms. The highest BCUT2D eigenvalue weighted by atomic mass is 16.2. The molecule has 0 saturated heterocycles. The largest absolute Gasteiger partial charge is 0.399 e. The number of primary amides is 1. The topological polar surface area (TPSA) is 81.1 Å². The van der Waals surface area contributed by atoms with E-state index in [0.717, 1.165) is 5.56 Å². The molecule has 2 amide bonds. The lowest BCUT2D eigenvalue weighted by Crippen LogP contribution is -2.19. The molecule has 0 aliphatic heterocycles. The Balaban J connectivity index is 2.97. The van der Waals surface area contributed by atoms with Gasteiger partial charge in [0.15, 0.2) is 0 Å². The zero-order valence-corrected chi connectivity index (χ0v) is 6.79. The molecular weight excluding hydrogens is 154 g/mol. The third-order valence-corrected chi connectivity index (χ3v) is 1.52. The highest BCUT2D eigenvalue weighted by Gasteiger charge is 1.99. The maximum absolute atomic E-state index is 10.5. The second-order valence-corrected chi connectivity index (χ2v) is 2.56. The van der Waals surface area contributed by atoms with Crippen LogP contribution in [0.5, 0.6) is 0 Å². The molecule has 0 unspecified atom stereocenters. The summed E-state index contributed by atoms with van der Waals surface area (Å²) in [6.07, 6.45) is 0. The van der Waals surface area contributed by atoms with Crippen molar-refractivity contribution in [2.24, 2.45) is 5.73 Å². The second-order valence-electron chi connectivity index (χ2n) is 2.56. The minimum absolute atomic E-state index is 0.580. The molecule has 64 valence electrons. The van der Waals surface area contributed by atoms with Gasteiger partial charge in [-0.05, 0) is 24.6 Å². The maximum Gasteiger partial charge on any atom is 0.316 e. The summed E-state index contributed by atoms with van der Waals surface area (Å²) in [5, 5.41) is 2.47. The van der Waals surface area contributed by atoms with Gasteiger partial charge >= 0.3 is 6.03 Å². The second kappa shape index (κ2) is 3.13. The van der Waals surface area contributed by atoms with Crippen molar-refractivity contribution in [3.05, 3.63) is 23.8 Å². The molecule has 0 fully saturated rings. The quantitative estimate of drug-likeness (QED) is 0.544. The number of carbonyl (C=O) groups is 1. The molecule has 0 bridgehead atoms. The van der Waals surface area contributed by atoms with Crippen LogP contribution >= 0.6 is 0 Å². The fourth-order valence-corrected chi connectivity index (χ4v) is 0.907. The van der Waals surface area contributed by atoms with Gasteiger partial charge in [-0.3, -0.25) is 0 Å². The molecule has 0 radical (unpaired) electrons. The summed E-state index contributed by atoms with van der Waals surface area (Å²) in [6, 6.07) is 4.67. The SMILES string of the molecule is Cc1ccc(N)cc1NC(N)=O. The Labute approximate surface area is 70.6 Å². The molecular formula is C8H11N3O. The first-order valence-electron chi connectivity index (χ1n) is 3.52. The molecule has 0 aromatic heterocycles. The number of aryl methyl sites for hydroxylation is 1. The van der Waals surface area contributed by atoms with E-state index < -0.39 is 6.03 Å². The van der Waals surface area contributed by atoms with Gasteiger partial charge in [-0.15, -0.1) is 0 Å². The Morgan fingerprint density at radius 1 is 1.50 bits per heavy atom. The van der Waals surface area contributed by atoms with Crippen LogP contribution in [0.15, 0.2) is 18.2 Å². The maximum atomic E-state index is 10.5. The lowest BCUT2D eigenvalue weighted by molar-refractivity contribution is 0.259. The molecule has 4 heteroatoms. The van der Waals surface area contributed by atoms with Crippen molar-refractivity contribution >= 4 is 17.4 Å². The Kier molecular flexibility index (Phi) is 2.19. The van der Waals surface area contributed by atoms with Crippen molar-refractivity contribution in [3.8, 4) is 0 Å². The van der Waals surface area contributed by atoms with Crippen LogP contribution in [0, 0.1) is 6.92 Å². The van der Waals surface area contributed by atoms with E-state index in [9.17, 15) is 4.79 Å². The summed E-state index contributed by atoms with van der Waals surface area (Å²) in [5.74, 6) is 0. The molecule has 5 N–H and O–H groups in total. The third kappa shape index (κ3) is 1.88. The molecule has 1 aromatic rings. The number of carbonyl (C=O) groups excluding carboxylic acids is 1. The van der Waals surface area contributed by atoms with E-state index in [1.165, 1.54) is 0 Å². The minimum atomic E-state index is -0.580. The van der Waals surface area contributed by atoms with Crippen LogP contribution in [0.4, 0.5) is 16.2 Å². The highest BCUT2D eigenvalue weighted by molar-refractivity contribution is 5.89. The first kappa shape index (κ1) is 8.39. The van der Waals surface area contributed by atoms with Crippen LogP contribution in [0.3, 0.4) is 0 Å². The number of urea groups is 1. The van der Waals surface area contributed by atoms with Gasteiger partial charge in [-0.2, -0.15) is 0 Å². The van der Waals surface area contributed by atoms with E-state index in [1.54, 1.807) is 12.1 Å². The lowest BCUT2D eigenvalue weighted by Gasteiger charge is -2.05. The summed E-state index contributed by atoms with van der Waals surface area (Å²) < 4.78 is 0. The number of nitrogens with one attached hydrogen (secondary N) is 1. The molecule has 0 saturated carbocycles. The molecule has 0 atom stereocenters. The number of nitrogens with two attached hydrogens (primary N) is 2. The van der Waals surface area contributed by atoms with Gasteiger partial charge in [0, 0.05) is 11.4 Å². The number of benzene rings is 1. The Hall–Kier alpha value is -1.71. The van der Waals surface area contributed by atoms with E-state index in [1.807, 2.05) is 13.0 Å². The predicted octanol–water partition coefficient (Wildman–Crippen LogP) is 1.07. The molecule has 0 aliphatic rings. The fraction of sp³-hybridized carbons (Fsp3) is 0.125. The van der Waals surface area contributed by atoms with E-state index >= 15 is 0 Å². The third-order valence-electron chi connectivity index (χ3n) is 1.52. The number of hydrogen-bond acceptors (Lipinski definition) is 2. The number of hydrogen-bond donors (Lipinski definition) is 3. The molecule has 0 aliphatic carbocycles. The number of rotatable bonds is 1. The van der Waals surface area contributed by atoms with Gasteiger partial charge in [-0.25, -0.2) is 4.79 Å². The van der Waals surface area contributed by atoms with Crippen LogP contribution in [0.2, 0.25) is 0 Å². The zero-order chi connectivity index (χ0) is 9.14. The monoisotopic (exact) mass is 165 g/mol. The average molecular weight is 165 g/mol. The number of nitrogen functional groups attached to an aromatic ring is 1. The van der Waals surface area contributed by atoms with Crippen molar-refractivity contribution in [3.63, 3.8) is 0 Å². The summed E-state index contributed by atoms with van der Waals surface area (Å²) in [4.78, 5) is 10.5.